The van der Waals surface area contributed by atoms with Crippen molar-refractivity contribution < 1.29 is 0 Å². The monoisotopic (exact) mass is 136 g/mol. The molecule has 1 heteroatoms. The lowest BCUT2D eigenvalue weighted by Crippen LogP contribution is -2.19. The molecule has 2 rings (SSSR count). The van der Waals surface area contributed by atoms with Gasteiger partial charge in [-0.2, -0.15) is 0 Å². The Hall–Kier alpha value is -0.300. The zero-order valence-electron chi connectivity index (χ0n) is 6.34. The first-order chi connectivity index (χ1) is 4.95. The third-order valence-electron chi connectivity index (χ3n) is 2.32. The number of hydrogen-bond donors (Lipinski definition) is 0. The van der Waals surface area contributed by atoms with E-state index in [2.05, 4.69) is 17.4 Å². The minimum atomic E-state index is 1.29. The lowest BCUT2D eigenvalue weighted by Gasteiger charge is -2.12. The topological polar surface area (TPSA) is 3.24 Å². The Morgan fingerprint density at radius 2 is 2.00 bits per heavy atom. The first-order valence-electron chi connectivity index (χ1n) is 4.21. The van der Waals surface area contributed by atoms with Crippen molar-refractivity contribution in [3.8, 4) is 0 Å². The van der Waals surface area contributed by atoms with Gasteiger partial charge in [-0.15, -0.1) is 0 Å². The number of allylic oxidation sites excluding steroid dienone is 1. The molecule has 1 aliphatic heterocycles. The van der Waals surface area contributed by atoms with Crippen LogP contribution in [-0.2, 0) is 0 Å². The van der Waals surface area contributed by atoms with Crippen LogP contribution in [0.3, 0.4) is 0 Å². The zero-order valence-corrected chi connectivity index (χ0v) is 6.34. The molecular weight excluding hydrogens is 122 g/mol. The largest absolute Gasteiger partial charge is 0.303 e. The molecule has 2 aliphatic rings. The Kier molecular flexibility index (Phi) is 1.76. The maximum absolute atomic E-state index is 2.56. The summed E-state index contributed by atoms with van der Waals surface area (Å²) in [5.74, 6) is 0. The minimum Gasteiger partial charge on any atom is -0.303 e. The van der Waals surface area contributed by atoms with E-state index in [1.54, 1.807) is 5.57 Å². The summed E-state index contributed by atoms with van der Waals surface area (Å²) >= 11 is 0. The van der Waals surface area contributed by atoms with Gasteiger partial charge in [-0.3, -0.25) is 0 Å². The molecule has 0 atom stereocenters. The highest BCUT2D eigenvalue weighted by molar-refractivity contribution is 5.38. The van der Waals surface area contributed by atoms with Crippen LogP contribution in [0.2, 0.25) is 0 Å². The van der Waals surface area contributed by atoms with Crippen LogP contribution in [0.5, 0.6) is 0 Å². The van der Waals surface area contributed by atoms with E-state index in [0.717, 1.165) is 0 Å². The van der Waals surface area contributed by atoms with Crippen LogP contribution in [-0.4, -0.2) is 24.5 Å². The molecule has 0 spiro atoms. The second-order valence-corrected chi connectivity index (χ2v) is 3.21. The normalized spacial score (nSPS) is 25.0. The maximum Gasteiger partial charge on any atom is 0.00807 e. The van der Waals surface area contributed by atoms with Crippen LogP contribution in [0.1, 0.15) is 19.3 Å². The quantitative estimate of drug-likeness (QED) is 0.570. The lowest BCUT2D eigenvalue weighted by atomic mass is 10.3. The molecule has 0 unspecified atom stereocenters. The van der Waals surface area contributed by atoms with E-state index in [1.807, 2.05) is 0 Å². The summed E-state index contributed by atoms with van der Waals surface area (Å²) < 4.78 is 0. The standard InChI is InChI=1S/C9H14N/c1-2-7-10(6-1)8-5-9-3-4-9/h3-4H,1-2,5-8H2. The van der Waals surface area contributed by atoms with Gasteiger partial charge in [0.25, 0.3) is 0 Å². The molecule has 0 saturated carbocycles. The zero-order chi connectivity index (χ0) is 6.81. The van der Waals surface area contributed by atoms with E-state index in [0.29, 0.717) is 0 Å². The summed E-state index contributed by atoms with van der Waals surface area (Å²) in [6.07, 6.45) is 8.57. The van der Waals surface area contributed by atoms with E-state index < -0.39 is 0 Å². The molecule has 0 N–H and O–H groups in total. The van der Waals surface area contributed by atoms with E-state index in [9.17, 15) is 0 Å². The van der Waals surface area contributed by atoms with Crippen molar-refractivity contribution in [2.24, 2.45) is 0 Å². The van der Waals surface area contributed by atoms with Crippen molar-refractivity contribution in [2.75, 3.05) is 19.6 Å². The Bertz CT molecular complexity index is 143. The van der Waals surface area contributed by atoms with Crippen molar-refractivity contribution in [2.45, 2.75) is 19.3 Å². The fourth-order valence-electron chi connectivity index (χ4n) is 1.52. The first-order valence-corrected chi connectivity index (χ1v) is 4.21. The molecule has 1 fully saturated rings. The smallest absolute Gasteiger partial charge is 0.00807 e. The average Bonchev–Trinajstić information content (AvgIpc) is 2.63. The second-order valence-electron chi connectivity index (χ2n) is 3.21. The van der Waals surface area contributed by atoms with Crippen LogP contribution in [0, 0.1) is 6.42 Å². The van der Waals surface area contributed by atoms with Crippen molar-refractivity contribution in [1.82, 2.24) is 4.90 Å². The van der Waals surface area contributed by atoms with Crippen LogP contribution < -0.4 is 0 Å². The molecule has 0 aromatic carbocycles. The van der Waals surface area contributed by atoms with Gasteiger partial charge >= 0.3 is 0 Å². The SMILES string of the molecule is [CH]1C=C1CCN1CCCC1. The van der Waals surface area contributed by atoms with Gasteiger partial charge in [0.15, 0.2) is 0 Å². The fourth-order valence-corrected chi connectivity index (χ4v) is 1.52. The van der Waals surface area contributed by atoms with Gasteiger partial charge in [0.2, 0.25) is 0 Å². The third kappa shape index (κ3) is 1.60. The van der Waals surface area contributed by atoms with E-state index in [4.69, 9.17) is 0 Å². The summed E-state index contributed by atoms with van der Waals surface area (Å²) in [7, 11) is 0. The van der Waals surface area contributed by atoms with Crippen LogP contribution in [0.15, 0.2) is 11.6 Å². The van der Waals surface area contributed by atoms with Gasteiger partial charge in [-0.1, -0.05) is 11.6 Å². The van der Waals surface area contributed by atoms with Crippen LogP contribution >= 0.6 is 0 Å². The molecule has 0 bridgehead atoms. The Labute approximate surface area is 62.7 Å². The van der Waals surface area contributed by atoms with Gasteiger partial charge in [0, 0.05) is 13.0 Å². The van der Waals surface area contributed by atoms with E-state index in [1.165, 1.54) is 38.9 Å². The Morgan fingerprint density at radius 1 is 1.30 bits per heavy atom. The molecule has 0 aromatic heterocycles. The molecule has 1 heterocycles. The van der Waals surface area contributed by atoms with Crippen molar-refractivity contribution in [1.29, 1.82) is 0 Å². The molecule has 1 nitrogen and oxygen atoms in total. The van der Waals surface area contributed by atoms with Gasteiger partial charge in [0.05, 0.1) is 0 Å². The predicted octanol–water partition coefficient (Wildman–Crippen LogP) is 1.62. The van der Waals surface area contributed by atoms with E-state index >= 15 is 0 Å². The summed E-state index contributed by atoms with van der Waals surface area (Å²) in [5, 5.41) is 0. The summed E-state index contributed by atoms with van der Waals surface area (Å²) in [4.78, 5) is 2.56. The Morgan fingerprint density at radius 3 is 2.60 bits per heavy atom. The number of nitrogens with zero attached hydrogens (tertiary/aromatic N) is 1. The molecule has 1 radical (unpaired) electrons. The molecule has 1 aliphatic carbocycles. The summed E-state index contributed by atoms with van der Waals surface area (Å²) in [5.41, 5.74) is 1.56. The molecule has 0 aromatic rings. The molecular formula is C9H14N. The highest BCUT2D eigenvalue weighted by atomic mass is 15.1. The molecule has 55 valence electrons. The summed E-state index contributed by atoms with van der Waals surface area (Å²) in [6, 6.07) is 0. The number of rotatable bonds is 3. The van der Waals surface area contributed by atoms with Crippen molar-refractivity contribution in [3.05, 3.63) is 18.1 Å². The highest BCUT2D eigenvalue weighted by Crippen LogP contribution is 2.21. The number of hydrogen-bond acceptors (Lipinski definition) is 1. The van der Waals surface area contributed by atoms with Crippen LogP contribution in [0.25, 0.3) is 0 Å². The molecule has 1 saturated heterocycles. The van der Waals surface area contributed by atoms with Crippen molar-refractivity contribution in [3.63, 3.8) is 0 Å². The van der Waals surface area contributed by atoms with Gasteiger partial charge in [-0.25, -0.2) is 0 Å². The predicted molar refractivity (Wildman–Crippen MR) is 42.7 cm³/mol. The average molecular weight is 136 g/mol. The maximum atomic E-state index is 2.56. The second kappa shape index (κ2) is 2.75. The fraction of sp³-hybridized carbons (Fsp3) is 0.667. The first kappa shape index (κ1) is 6.41. The van der Waals surface area contributed by atoms with Gasteiger partial charge in [-0.05, 0) is 32.4 Å². The van der Waals surface area contributed by atoms with E-state index in [-0.39, 0.29) is 0 Å². The lowest BCUT2D eigenvalue weighted by molar-refractivity contribution is 0.345. The van der Waals surface area contributed by atoms with Gasteiger partial charge < -0.3 is 4.90 Å². The van der Waals surface area contributed by atoms with Gasteiger partial charge in [0.1, 0.15) is 0 Å². The number of likely N-dealkylation sites (tertiary alicyclic amines) is 1. The third-order valence-corrected chi connectivity index (χ3v) is 2.32. The Balaban J connectivity index is 1.64. The summed E-state index contributed by atoms with van der Waals surface area (Å²) in [6.45, 7) is 3.98. The molecule has 10 heavy (non-hydrogen) atoms. The molecule has 0 amide bonds. The van der Waals surface area contributed by atoms with Crippen molar-refractivity contribution >= 4 is 0 Å². The minimum absolute atomic E-state index is 1.29. The van der Waals surface area contributed by atoms with Crippen LogP contribution in [0.4, 0.5) is 0 Å². The highest BCUT2D eigenvalue weighted by Gasteiger charge is 2.13.